The van der Waals surface area contributed by atoms with Gasteiger partial charge in [0.05, 0.1) is 0 Å². The van der Waals surface area contributed by atoms with E-state index in [1.807, 2.05) is 25.3 Å². The number of aryl methyl sites for hydroxylation is 2. The van der Waals surface area contributed by atoms with E-state index < -0.39 is 0 Å². The highest BCUT2D eigenvalue weighted by Crippen LogP contribution is 2.23. The van der Waals surface area contributed by atoms with Gasteiger partial charge in [-0.25, -0.2) is 4.98 Å². The molecule has 1 aromatic heterocycles. The van der Waals surface area contributed by atoms with E-state index in [0.717, 1.165) is 22.9 Å². The van der Waals surface area contributed by atoms with E-state index in [1.165, 1.54) is 11.1 Å². The number of thiazole rings is 1. The molecule has 1 heterocycles. The minimum absolute atomic E-state index is 0.131. The van der Waals surface area contributed by atoms with Gasteiger partial charge in [-0.1, -0.05) is 17.7 Å². The summed E-state index contributed by atoms with van der Waals surface area (Å²) < 4.78 is 5.88. The second-order valence-electron chi connectivity index (χ2n) is 4.96. The minimum Gasteiger partial charge on any atom is -0.486 e. The van der Waals surface area contributed by atoms with Gasteiger partial charge in [0.1, 0.15) is 17.4 Å². The Morgan fingerprint density at radius 3 is 2.79 bits per heavy atom. The van der Waals surface area contributed by atoms with Gasteiger partial charge in [-0.3, -0.25) is 0 Å². The summed E-state index contributed by atoms with van der Waals surface area (Å²) in [4.78, 5) is 4.40. The van der Waals surface area contributed by atoms with Crippen LogP contribution in [0.3, 0.4) is 0 Å². The van der Waals surface area contributed by atoms with Crippen molar-refractivity contribution in [2.45, 2.75) is 39.8 Å². The van der Waals surface area contributed by atoms with Crippen LogP contribution in [0, 0.1) is 13.8 Å². The Balaban J connectivity index is 2.10. The van der Waals surface area contributed by atoms with Gasteiger partial charge in [-0.2, -0.15) is 0 Å². The Hall–Kier alpha value is -1.39. The highest BCUT2D eigenvalue weighted by Gasteiger charge is 2.08. The average molecular weight is 276 g/mol. The molecule has 19 heavy (non-hydrogen) atoms. The van der Waals surface area contributed by atoms with Crippen molar-refractivity contribution in [2.24, 2.45) is 5.73 Å². The SMILES string of the molecule is Cc1ccc(OCc2nc(C)cs2)c(CC(C)N)c1. The second kappa shape index (κ2) is 6.17. The lowest BCUT2D eigenvalue weighted by atomic mass is 10.0. The zero-order chi connectivity index (χ0) is 13.8. The van der Waals surface area contributed by atoms with Crippen LogP contribution < -0.4 is 10.5 Å². The number of ether oxygens (including phenoxy) is 1. The number of benzene rings is 1. The van der Waals surface area contributed by atoms with Gasteiger partial charge in [0.15, 0.2) is 0 Å². The molecule has 1 atom stereocenters. The lowest BCUT2D eigenvalue weighted by Gasteiger charge is -2.13. The highest BCUT2D eigenvalue weighted by molar-refractivity contribution is 7.09. The highest BCUT2D eigenvalue weighted by atomic mass is 32.1. The maximum atomic E-state index is 5.89. The fourth-order valence-electron chi connectivity index (χ4n) is 1.96. The molecule has 102 valence electrons. The van der Waals surface area contributed by atoms with Crippen LogP contribution in [0.2, 0.25) is 0 Å². The molecule has 0 aliphatic carbocycles. The van der Waals surface area contributed by atoms with Gasteiger partial charge in [0, 0.05) is 17.1 Å². The molecule has 4 heteroatoms. The Bertz CT molecular complexity index is 549. The smallest absolute Gasteiger partial charge is 0.140 e. The number of nitrogens with zero attached hydrogens (tertiary/aromatic N) is 1. The quantitative estimate of drug-likeness (QED) is 0.912. The van der Waals surface area contributed by atoms with Crippen molar-refractivity contribution in [1.82, 2.24) is 4.98 Å². The first-order valence-electron chi connectivity index (χ1n) is 6.43. The molecule has 0 bridgehead atoms. The first-order chi connectivity index (χ1) is 9.04. The summed E-state index contributed by atoms with van der Waals surface area (Å²) in [5, 5.41) is 3.04. The van der Waals surface area contributed by atoms with Crippen molar-refractivity contribution in [3.05, 3.63) is 45.4 Å². The molecule has 0 amide bonds. The predicted molar refractivity (Wildman–Crippen MR) is 79.7 cm³/mol. The molecular formula is C15H20N2OS. The first kappa shape index (κ1) is 14.0. The Kier molecular flexibility index (Phi) is 4.56. The van der Waals surface area contributed by atoms with Gasteiger partial charge in [-0.05, 0) is 38.8 Å². The third-order valence-electron chi connectivity index (χ3n) is 2.78. The Labute approximate surface area is 118 Å². The van der Waals surface area contributed by atoms with Crippen molar-refractivity contribution >= 4 is 11.3 Å². The van der Waals surface area contributed by atoms with Crippen LogP contribution in [0.1, 0.15) is 28.8 Å². The zero-order valence-electron chi connectivity index (χ0n) is 11.6. The van der Waals surface area contributed by atoms with E-state index in [0.29, 0.717) is 6.61 Å². The minimum atomic E-state index is 0.131. The molecule has 1 aromatic carbocycles. The lowest BCUT2D eigenvalue weighted by molar-refractivity contribution is 0.301. The molecule has 2 aromatic rings. The number of hydrogen-bond donors (Lipinski definition) is 1. The molecule has 0 saturated heterocycles. The molecule has 0 spiro atoms. The van der Waals surface area contributed by atoms with Crippen LogP contribution in [-0.4, -0.2) is 11.0 Å². The summed E-state index contributed by atoms with van der Waals surface area (Å²) in [6, 6.07) is 6.36. The van der Waals surface area contributed by atoms with Crippen LogP contribution >= 0.6 is 11.3 Å². The third-order valence-corrected chi connectivity index (χ3v) is 3.72. The van der Waals surface area contributed by atoms with Crippen LogP contribution in [0.5, 0.6) is 5.75 Å². The monoisotopic (exact) mass is 276 g/mol. The first-order valence-corrected chi connectivity index (χ1v) is 7.31. The van der Waals surface area contributed by atoms with Crippen LogP contribution in [0.25, 0.3) is 0 Å². The standard InChI is InChI=1S/C15H20N2OS/c1-10-4-5-14(13(6-10)7-11(2)16)18-8-15-17-12(3)9-19-15/h4-6,9,11H,7-8,16H2,1-3H3. The number of nitrogens with two attached hydrogens (primary N) is 1. The van der Waals surface area contributed by atoms with E-state index >= 15 is 0 Å². The topological polar surface area (TPSA) is 48.1 Å². The Morgan fingerprint density at radius 2 is 2.16 bits per heavy atom. The van der Waals surface area contributed by atoms with Gasteiger partial charge in [-0.15, -0.1) is 11.3 Å². The lowest BCUT2D eigenvalue weighted by Crippen LogP contribution is -2.18. The Morgan fingerprint density at radius 1 is 1.37 bits per heavy atom. The molecule has 0 saturated carbocycles. The molecule has 2 N–H and O–H groups in total. The molecule has 0 fully saturated rings. The van der Waals surface area contributed by atoms with E-state index in [-0.39, 0.29) is 6.04 Å². The molecule has 3 nitrogen and oxygen atoms in total. The van der Waals surface area contributed by atoms with Crippen LogP contribution in [0.15, 0.2) is 23.6 Å². The molecule has 1 unspecified atom stereocenters. The number of rotatable bonds is 5. The summed E-state index contributed by atoms with van der Waals surface area (Å²) in [5.74, 6) is 0.913. The van der Waals surface area contributed by atoms with Crippen molar-refractivity contribution in [1.29, 1.82) is 0 Å². The molecular weight excluding hydrogens is 256 g/mol. The van der Waals surface area contributed by atoms with Crippen LogP contribution in [-0.2, 0) is 13.0 Å². The van der Waals surface area contributed by atoms with Crippen molar-refractivity contribution in [2.75, 3.05) is 0 Å². The molecule has 0 aliphatic rings. The third kappa shape index (κ3) is 4.04. The van der Waals surface area contributed by atoms with Gasteiger partial charge in [0.2, 0.25) is 0 Å². The summed E-state index contributed by atoms with van der Waals surface area (Å²) in [7, 11) is 0. The van der Waals surface area contributed by atoms with Crippen molar-refractivity contribution in [3.63, 3.8) is 0 Å². The summed E-state index contributed by atoms with van der Waals surface area (Å²) in [6.07, 6.45) is 0.827. The fourth-order valence-corrected chi connectivity index (χ4v) is 2.65. The predicted octanol–water partition coefficient (Wildman–Crippen LogP) is 3.23. The maximum Gasteiger partial charge on any atom is 0.140 e. The normalized spacial score (nSPS) is 12.4. The van der Waals surface area contributed by atoms with Gasteiger partial charge >= 0.3 is 0 Å². The summed E-state index contributed by atoms with van der Waals surface area (Å²) in [6.45, 7) is 6.61. The summed E-state index contributed by atoms with van der Waals surface area (Å²) in [5.41, 5.74) is 9.33. The average Bonchev–Trinajstić information content (AvgIpc) is 2.73. The molecule has 0 radical (unpaired) electrons. The molecule has 2 rings (SSSR count). The van der Waals surface area contributed by atoms with E-state index in [9.17, 15) is 0 Å². The van der Waals surface area contributed by atoms with E-state index in [1.54, 1.807) is 11.3 Å². The van der Waals surface area contributed by atoms with Crippen molar-refractivity contribution < 1.29 is 4.74 Å². The molecule has 0 aliphatic heterocycles. The number of hydrogen-bond acceptors (Lipinski definition) is 4. The zero-order valence-corrected chi connectivity index (χ0v) is 12.5. The largest absolute Gasteiger partial charge is 0.486 e. The van der Waals surface area contributed by atoms with E-state index in [4.69, 9.17) is 10.5 Å². The second-order valence-corrected chi connectivity index (χ2v) is 5.91. The van der Waals surface area contributed by atoms with Crippen LogP contribution in [0.4, 0.5) is 0 Å². The maximum absolute atomic E-state index is 5.89. The van der Waals surface area contributed by atoms with E-state index in [2.05, 4.69) is 24.0 Å². The summed E-state index contributed by atoms with van der Waals surface area (Å²) >= 11 is 1.63. The van der Waals surface area contributed by atoms with Gasteiger partial charge in [0.25, 0.3) is 0 Å². The number of aromatic nitrogens is 1. The van der Waals surface area contributed by atoms with Gasteiger partial charge < -0.3 is 10.5 Å². The fraction of sp³-hybridized carbons (Fsp3) is 0.400. The van der Waals surface area contributed by atoms with Crippen molar-refractivity contribution in [3.8, 4) is 5.75 Å².